The van der Waals surface area contributed by atoms with Crippen molar-refractivity contribution in [2.24, 2.45) is 11.8 Å². The topological polar surface area (TPSA) is 95.8 Å². The standard InChI is InChI=1S/C22H26N4O4S/c1-24-8-10-25(11-9-24)31(29,30)16-6-7-20(21(13-16)26(27)28)23-14-19-18-12-15-4-2-3-5-17(15)22(18)19/h2-7,13,18-19,22-23H,8-12,14H2,1H3. The van der Waals surface area contributed by atoms with Crippen LogP contribution in [0, 0.1) is 22.0 Å². The molecule has 8 nitrogen and oxygen atoms in total. The van der Waals surface area contributed by atoms with Crippen LogP contribution in [-0.2, 0) is 16.4 Å². The van der Waals surface area contributed by atoms with Crippen molar-refractivity contribution < 1.29 is 13.3 Å². The molecule has 1 saturated carbocycles. The lowest BCUT2D eigenvalue weighted by atomic mass is 10.0. The number of sulfonamides is 1. The van der Waals surface area contributed by atoms with Crippen LogP contribution in [0.4, 0.5) is 11.4 Å². The van der Waals surface area contributed by atoms with Gasteiger partial charge < -0.3 is 10.2 Å². The number of likely N-dealkylation sites (N-methyl/N-ethyl adjacent to an activating group) is 1. The van der Waals surface area contributed by atoms with E-state index in [0.717, 1.165) is 6.42 Å². The highest BCUT2D eigenvalue weighted by atomic mass is 32.2. The number of nitrogens with zero attached hydrogens (tertiary/aromatic N) is 3. The van der Waals surface area contributed by atoms with E-state index < -0.39 is 14.9 Å². The van der Waals surface area contributed by atoms with E-state index in [0.29, 0.717) is 56.2 Å². The number of hydrogen-bond donors (Lipinski definition) is 1. The van der Waals surface area contributed by atoms with Gasteiger partial charge in [0.15, 0.2) is 0 Å². The molecule has 5 rings (SSSR count). The SMILES string of the molecule is CN1CCN(S(=O)(=O)c2ccc(NCC3C4Cc5ccccc5C34)c([N+](=O)[O-])c2)CC1. The maximum Gasteiger partial charge on any atom is 0.293 e. The van der Waals surface area contributed by atoms with Gasteiger partial charge in [0.2, 0.25) is 10.0 Å². The van der Waals surface area contributed by atoms with Gasteiger partial charge in [0.25, 0.3) is 5.69 Å². The third kappa shape index (κ3) is 3.60. The van der Waals surface area contributed by atoms with Gasteiger partial charge in [0, 0.05) is 38.8 Å². The molecule has 1 N–H and O–H groups in total. The summed E-state index contributed by atoms with van der Waals surface area (Å²) in [5, 5.41) is 14.9. The molecule has 2 aliphatic carbocycles. The number of nitrogens with one attached hydrogen (secondary N) is 1. The molecule has 0 spiro atoms. The lowest BCUT2D eigenvalue weighted by molar-refractivity contribution is -0.384. The monoisotopic (exact) mass is 442 g/mol. The van der Waals surface area contributed by atoms with Gasteiger partial charge in [0.05, 0.1) is 9.82 Å². The number of nitro groups is 1. The molecule has 0 amide bonds. The molecule has 1 saturated heterocycles. The van der Waals surface area contributed by atoms with Crippen LogP contribution in [0.3, 0.4) is 0 Å². The average Bonchev–Trinajstić information content (AvgIpc) is 3.29. The van der Waals surface area contributed by atoms with Gasteiger partial charge >= 0.3 is 0 Å². The van der Waals surface area contributed by atoms with E-state index in [2.05, 4.69) is 34.5 Å². The number of anilines is 1. The zero-order valence-electron chi connectivity index (χ0n) is 17.4. The second kappa shape index (κ2) is 7.58. The molecule has 0 bridgehead atoms. The van der Waals surface area contributed by atoms with Gasteiger partial charge in [-0.05, 0) is 54.5 Å². The summed E-state index contributed by atoms with van der Waals surface area (Å²) in [4.78, 5) is 13.2. The van der Waals surface area contributed by atoms with Crippen LogP contribution in [-0.4, -0.2) is 62.3 Å². The highest BCUT2D eigenvalue weighted by Crippen LogP contribution is 2.61. The molecule has 3 atom stereocenters. The summed E-state index contributed by atoms with van der Waals surface area (Å²) in [5.74, 6) is 1.59. The Kier molecular flexibility index (Phi) is 4.99. The summed E-state index contributed by atoms with van der Waals surface area (Å²) in [6, 6.07) is 12.7. The second-order valence-corrected chi connectivity index (χ2v) is 10.7. The fraction of sp³-hybridized carbons (Fsp3) is 0.455. The van der Waals surface area contributed by atoms with Crippen molar-refractivity contribution in [1.29, 1.82) is 0 Å². The number of hydrogen-bond acceptors (Lipinski definition) is 6. The summed E-state index contributed by atoms with van der Waals surface area (Å²) in [6.45, 7) is 2.72. The molecule has 3 unspecified atom stereocenters. The minimum atomic E-state index is -3.75. The number of benzene rings is 2. The number of rotatable bonds is 6. The number of nitro benzene ring substituents is 1. The Hall–Kier alpha value is -2.49. The van der Waals surface area contributed by atoms with Crippen LogP contribution in [0.1, 0.15) is 17.0 Å². The fourth-order valence-corrected chi connectivity index (χ4v) is 6.58. The smallest absolute Gasteiger partial charge is 0.293 e. The van der Waals surface area contributed by atoms with Crippen LogP contribution in [0.25, 0.3) is 0 Å². The van der Waals surface area contributed by atoms with Gasteiger partial charge in [-0.1, -0.05) is 24.3 Å². The first-order valence-electron chi connectivity index (χ1n) is 10.6. The van der Waals surface area contributed by atoms with E-state index in [1.165, 1.54) is 33.6 Å². The summed E-state index contributed by atoms with van der Waals surface area (Å²) in [5.41, 5.74) is 3.00. The molecule has 2 aromatic carbocycles. The van der Waals surface area contributed by atoms with Crippen LogP contribution >= 0.6 is 0 Å². The van der Waals surface area contributed by atoms with E-state index >= 15 is 0 Å². The fourth-order valence-electron chi connectivity index (χ4n) is 5.14. The van der Waals surface area contributed by atoms with Crippen molar-refractivity contribution in [3.8, 4) is 0 Å². The Bertz CT molecular complexity index is 1130. The van der Waals surface area contributed by atoms with Gasteiger partial charge in [0.1, 0.15) is 5.69 Å². The molecule has 1 aliphatic heterocycles. The normalized spacial score (nSPS) is 25.6. The molecule has 1 heterocycles. The summed E-state index contributed by atoms with van der Waals surface area (Å²) >= 11 is 0. The molecular weight excluding hydrogens is 416 g/mol. The first-order valence-corrected chi connectivity index (χ1v) is 12.1. The predicted molar refractivity (Wildman–Crippen MR) is 118 cm³/mol. The van der Waals surface area contributed by atoms with Crippen molar-refractivity contribution in [3.63, 3.8) is 0 Å². The lowest BCUT2D eigenvalue weighted by Gasteiger charge is -2.31. The molecule has 164 valence electrons. The van der Waals surface area contributed by atoms with E-state index in [-0.39, 0.29) is 10.6 Å². The molecule has 2 aromatic rings. The Morgan fingerprint density at radius 1 is 1.13 bits per heavy atom. The molecule has 31 heavy (non-hydrogen) atoms. The molecule has 3 aliphatic rings. The third-order valence-electron chi connectivity index (χ3n) is 7.00. The zero-order chi connectivity index (χ0) is 21.8. The van der Waals surface area contributed by atoms with Crippen molar-refractivity contribution in [3.05, 3.63) is 63.7 Å². The van der Waals surface area contributed by atoms with E-state index in [9.17, 15) is 18.5 Å². The van der Waals surface area contributed by atoms with Crippen molar-refractivity contribution in [2.75, 3.05) is 45.1 Å². The summed E-state index contributed by atoms with van der Waals surface area (Å²) < 4.78 is 27.3. The minimum absolute atomic E-state index is 0.0217. The molecular formula is C22H26N4O4S. The number of piperazine rings is 1. The highest BCUT2D eigenvalue weighted by Gasteiger charge is 2.54. The summed E-state index contributed by atoms with van der Waals surface area (Å²) in [6.07, 6.45) is 1.07. The van der Waals surface area contributed by atoms with Crippen LogP contribution < -0.4 is 5.32 Å². The van der Waals surface area contributed by atoms with Crippen LogP contribution in [0.5, 0.6) is 0 Å². The quantitative estimate of drug-likeness (QED) is 0.546. The van der Waals surface area contributed by atoms with Gasteiger partial charge in [-0.2, -0.15) is 4.31 Å². The maximum atomic E-state index is 13.0. The molecule has 2 fully saturated rings. The predicted octanol–water partition coefficient (Wildman–Crippen LogP) is 2.53. The van der Waals surface area contributed by atoms with Crippen molar-refractivity contribution in [2.45, 2.75) is 17.2 Å². The first kappa shape index (κ1) is 20.4. The number of fused-ring (bicyclic) bond motifs is 3. The lowest BCUT2D eigenvalue weighted by Crippen LogP contribution is -2.47. The first-order chi connectivity index (χ1) is 14.9. The van der Waals surface area contributed by atoms with E-state index in [1.807, 2.05) is 7.05 Å². The Balaban J connectivity index is 1.31. The highest BCUT2D eigenvalue weighted by molar-refractivity contribution is 7.89. The van der Waals surface area contributed by atoms with Crippen molar-refractivity contribution in [1.82, 2.24) is 9.21 Å². The zero-order valence-corrected chi connectivity index (χ0v) is 18.2. The van der Waals surface area contributed by atoms with Gasteiger partial charge in [-0.3, -0.25) is 10.1 Å². The Morgan fingerprint density at radius 2 is 1.87 bits per heavy atom. The molecule has 0 radical (unpaired) electrons. The second-order valence-electron chi connectivity index (χ2n) is 8.78. The van der Waals surface area contributed by atoms with Gasteiger partial charge in [-0.25, -0.2) is 8.42 Å². The van der Waals surface area contributed by atoms with E-state index in [1.54, 1.807) is 0 Å². The minimum Gasteiger partial charge on any atom is -0.379 e. The van der Waals surface area contributed by atoms with Crippen LogP contribution in [0.2, 0.25) is 0 Å². The maximum absolute atomic E-state index is 13.0. The van der Waals surface area contributed by atoms with Gasteiger partial charge in [-0.15, -0.1) is 0 Å². The largest absolute Gasteiger partial charge is 0.379 e. The van der Waals surface area contributed by atoms with Crippen molar-refractivity contribution >= 4 is 21.4 Å². The Labute approximate surface area is 182 Å². The van der Waals surface area contributed by atoms with Crippen LogP contribution in [0.15, 0.2) is 47.4 Å². The molecule has 9 heteroatoms. The third-order valence-corrected chi connectivity index (χ3v) is 8.89. The van der Waals surface area contributed by atoms with E-state index in [4.69, 9.17) is 0 Å². The molecule has 0 aromatic heterocycles. The Morgan fingerprint density at radius 3 is 2.61 bits per heavy atom. The summed E-state index contributed by atoms with van der Waals surface area (Å²) in [7, 11) is -1.80. The average molecular weight is 443 g/mol.